The normalized spacial score (nSPS) is 24.4. The van der Waals surface area contributed by atoms with Crippen molar-refractivity contribution in [1.82, 2.24) is 4.90 Å². The minimum atomic E-state index is 0.531. The fraction of sp³-hybridized carbons (Fsp3) is 0.818. The largest absolute Gasteiger partial charge is 0.292 e. The van der Waals surface area contributed by atoms with Gasteiger partial charge in [0.15, 0.2) is 0 Å². The molecule has 1 saturated heterocycles. The van der Waals surface area contributed by atoms with Crippen LogP contribution in [0.15, 0.2) is 0 Å². The summed E-state index contributed by atoms with van der Waals surface area (Å²) < 4.78 is 0. The maximum absolute atomic E-state index is 5.29. The first-order valence-electron chi connectivity index (χ1n) is 4.80. The Kier molecular flexibility index (Phi) is 3.17. The maximum Gasteiger partial charge on any atom is 0.0598 e. The first-order valence-corrected chi connectivity index (χ1v) is 4.80. The molecule has 0 unspecified atom stereocenters. The molecular formula is C11H19N. The van der Waals surface area contributed by atoms with E-state index in [-0.39, 0.29) is 0 Å². The van der Waals surface area contributed by atoms with Crippen molar-refractivity contribution >= 4 is 0 Å². The molecule has 0 aliphatic carbocycles. The third kappa shape index (κ3) is 2.87. The third-order valence-electron chi connectivity index (χ3n) is 2.75. The lowest BCUT2D eigenvalue weighted by molar-refractivity contribution is 0.284. The zero-order valence-electron chi connectivity index (χ0n) is 8.27. The van der Waals surface area contributed by atoms with Gasteiger partial charge >= 0.3 is 0 Å². The van der Waals surface area contributed by atoms with Crippen LogP contribution in [-0.4, -0.2) is 24.5 Å². The average molecular weight is 165 g/mol. The summed E-state index contributed by atoms with van der Waals surface area (Å²) in [4.78, 5) is 2.38. The zero-order chi connectivity index (χ0) is 9.03. The van der Waals surface area contributed by atoms with Crippen LogP contribution in [0.1, 0.15) is 33.1 Å². The van der Waals surface area contributed by atoms with Crippen molar-refractivity contribution in [2.75, 3.05) is 19.6 Å². The monoisotopic (exact) mass is 165 g/mol. The highest BCUT2D eigenvalue weighted by atomic mass is 15.1. The van der Waals surface area contributed by atoms with Gasteiger partial charge in [0.1, 0.15) is 0 Å². The summed E-state index contributed by atoms with van der Waals surface area (Å²) in [5.74, 6) is 2.72. The van der Waals surface area contributed by atoms with Gasteiger partial charge in [-0.15, -0.1) is 6.42 Å². The predicted octanol–water partition coefficient (Wildman–Crippen LogP) is 2.13. The predicted molar refractivity (Wildman–Crippen MR) is 52.9 cm³/mol. The van der Waals surface area contributed by atoms with E-state index in [1.54, 1.807) is 0 Å². The Morgan fingerprint density at radius 2 is 2.08 bits per heavy atom. The molecule has 0 amide bonds. The maximum atomic E-state index is 5.29. The summed E-state index contributed by atoms with van der Waals surface area (Å²) in [6, 6.07) is 0. The number of rotatable bonds is 1. The molecule has 12 heavy (non-hydrogen) atoms. The second-order valence-electron chi connectivity index (χ2n) is 4.50. The summed E-state index contributed by atoms with van der Waals surface area (Å²) in [5, 5.41) is 0. The highest BCUT2D eigenvalue weighted by Crippen LogP contribution is 2.29. The zero-order valence-corrected chi connectivity index (χ0v) is 8.27. The molecule has 0 spiro atoms. The van der Waals surface area contributed by atoms with Gasteiger partial charge in [0.05, 0.1) is 6.54 Å². The SMILES string of the molecule is C#CCN1CCCC(C)(C)CC1. The second kappa shape index (κ2) is 3.96. The van der Waals surface area contributed by atoms with Gasteiger partial charge in [-0.05, 0) is 37.8 Å². The van der Waals surface area contributed by atoms with Gasteiger partial charge in [-0.25, -0.2) is 0 Å². The van der Waals surface area contributed by atoms with E-state index in [1.807, 2.05) is 0 Å². The topological polar surface area (TPSA) is 3.24 Å². The molecule has 0 atom stereocenters. The van der Waals surface area contributed by atoms with Crippen molar-refractivity contribution in [2.45, 2.75) is 33.1 Å². The van der Waals surface area contributed by atoms with Crippen molar-refractivity contribution in [1.29, 1.82) is 0 Å². The molecule has 1 nitrogen and oxygen atoms in total. The molecular weight excluding hydrogens is 146 g/mol. The Morgan fingerprint density at radius 1 is 1.33 bits per heavy atom. The summed E-state index contributed by atoms with van der Waals surface area (Å²) in [5.41, 5.74) is 0.531. The Hall–Kier alpha value is -0.480. The molecule has 1 heteroatoms. The van der Waals surface area contributed by atoms with Crippen molar-refractivity contribution in [3.05, 3.63) is 0 Å². The van der Waals surface area contributed by atoms with Crippen LogP contribution in [0.5, 0.6) is 0 Å². The molecule has 1 heterocycles. The van der Waals surface area contributed by atoms with E-state index < -0.39 is 0 Å². The third-order valence-corrected chi connectivity index (χ3v) is 2.75. The van der Waals surface area contributed by atoms with Gasteiger partial charge in [0.25, 0.3) is 0 Å². The lowest BCUT2D eigenvalue weighted by atomic mass is 9.85. The van der Waals surface area contributed by atoms with Crippen LogP contribution in [0.25, 0.3) is 0 Å². The van der Waals surface area contributed by atoms with E-state index in [0.717, 1.165) is 6.54 Å². The van der Waals surface area contributed by atoms with Crippen molar-refractivity contribution in [3.63, 3.8) is 0 Å². The summed E-state index contributed by atoms with van der Waals surface area (Å²) >= 11 is 0. The lowest BCUT2D eigenvalue weighted by Gasteiger charge is -2.22. The molecule has 0 aromatic heterocycles. The highest BCUT2D eigenvalue weighted by molar-refractivity contribution is 4.89. The van der Waals surface area contributed by atoms with E-state index in [2.05, 4.69) is 24.7 Å². The first kappa shape index (κ1) is 9.61. The van der Waals surface area contributed by atoms with Crippen LogP contribution in [0.4, 0.5) is 0 Å². The summed E-state index contributed by atoms with van der Waals surface area (Å²) in [6.07, 6.45) is 9.21. The van der Waals surface area contributed by atoms with Crippen LogP contribution in [0, 0.1) is 17.8 Å². The molecule has 0 N–H and O–H groups in total. The first-order chi connectivity index (χ1) is 5.64. The fourth-order valence-corrected chi connectivity index (χ4v) is 1.77. The molecule has 1 fully saturated rings. The number of likely N-dealkylation sites (tertiary alicyclic amines) is 1. The van der Waals surface area contributed by atoms with E-state index in [9.17, 15) is 0 Å². The Bertz CT molecular complexity index is 176. The van der Waals surface area contributed by atoms with E-state index >= 15 is 0 Å². The number of hydrogen-bond acceptors (Lipinski definition) is 1. The van der Waals surface area contributed by atoms with E-state index in [0.29, 0.717) is 5.41 Å². The molecule has 0 aromatic carbocycles. The second-order valence-corrected chi connectivity index (χ2v) is 4.50. The summed E-state index contributed by atoms with van der Waals surface area (Å²) in [7, 11) is 0. The van der Waals surface area contributed by atoms with Crippen LogP contribution < -0.4 is 0 Å². The van der Waals surface area contributed by atoms with Gasteiger partial charge in [-0.3, -0.25) is 4.90 Å². The number of terminal acetylenes is 1. The van der Waals surface area contributed by atoms with Gasteiger partial charge in [-0.1, -0.05) is 19.8 Å². The Morgan fingerprint density at radius 3 is 2.75 bits per heavy atom. The van der Waals surface area contributed by atoms with Crippen LogP contribution in [0.2, 0.25) is 0 Å². The quantitative estimate of drug-likeness (QED) is 0.538. The van der Waals surface area contributed by atoms with Gasteiger partial charge in [-0.2, -0.15) is 0 Å². The minimum absolute atomic E-state index is 0.531. The van der Waals surface area contributed by atoms with E-state index in [4.69, 9.17) is 6.42 Å². The van der Waals surface area contributed by atoms with Gasteiger partial charge in [0, 0.05) is 0 Å². The Balaban J connectivity index is 2.40. The van der Waals surface area contributed by atoms with Crippen LogP contribution in [0.3, 0.4) is 0 Å². The smallest absolute Gasteiger partial charge is 0.0598 e. The highest BCUT2D eigenvalue weighted by Gasteiger charge is 2.22. The molecule has 1 aliphatic heterocycles. The molecule has 0 bridgehead atoms. The van der Waals surface area contributed by atoms with Gasteiger partial charge in [0.2, 0.25) is 0 Å². The molecule has 1 aliphatic rings. The van der Waals surface area contributed by atoms with Crippen molar-refractivity contribution in [2.24, 2.45) is 5.41 Å². The van der Waals surface area contributed by atoms with Gasteiger partial charge < -0.3 is 0 Å². The Labute approximate surface area is 76.1 Å². The fourth-order valence-electron chi connectivity index (χ4n) is 1.77. The number of hydrogen-bond donors (Lipinski definition) is 0. The molecule has 68 valence electrons. The van der Waals surface area contributed by atoms with E-state index in [1.165, 1.54) is 32.4 Å². The van der Waals surface area contributed by atoms with Crippen LogP contribution >= 0.6 is 0 Å². The summed E-state index contributed by atoms with van der Waals surface area (Å²) in [6.45, 7) is 7.90. The molecule has 0 saturated carbocycles. The van der Waals surface area contributed by atoms with Crippen LogP contribution in [-0.2, 0) is 0 Å². The number of nitrogens with zero attached hydrogens (tertiary/aromatic N) is 1. The molecule has 0 aromatic rings. The molecule has 1 rings (SSSR count). The lowest BCUT2D eigenvalue weighted by Crippen LogP contribution is -2.25. The van der Waals surface area contributed by atoms with Crippen molar-refractivity contribution < 1.29 is 0 Å². The minimum Gasteiger partial charge on any atom is -0.292 e. The molecule has 0 radical (unpaired) electrons. The standard InChI is InChI=1S/C11H19N/c1-4-8-12-9-5-6-11(2,3)7-10-12/h1H,5-10H2,2-3H3. The average Bonchev–Trinajstić information content (AvgIpc) is 2.14. The van der Waals surface area contributed by atoms with Crippen molar-refractivity contribution in [3.8, 4) is 12.3 Å².